The number of hydrogen-bond acceptors (Lipinski definition) is 4. The monoisotopic (exact) mass is 428 g/mol. The number of imide groups is 1. The summed E-state index contributed by atoms with van der Waals surface area (Å²) in [5.41, 5.74) is 0.980. The lowest BCUT2D eigenvalue weighted by molar-refractivity contribution is -0.122. The molecule has 2 rings (SSSR count). The van der Waals surface area contributed by atoms with Gasteiger partial charge in [-0.15, -0.1) is 0 Å². The van der Waals surface area contributed by atoms with Crippen LogP contribution >= 0.6 is 22.6 Å². The highest BCUT2D eigenvalue weighted by Crippen LogP contribution is 2.34. The fraction of sp³-hybridized carbons (Fsp3) is 0.250. The van der Waals surface area contributed by atoms with E-state index in [-0.39, 0.29) is 11.6 Å². The minimum Gasteiger partial charge on any atom is -0.493 e. The van der Waals surface area contributed by atoms with Gasteiger partial charge in [0, 0.05) is 6.54 Å². The van der Waals surface area contributed by atoms with Crippen molar-refractivity contribution in [2.45, 2.75) is 6.92 Å². The third kappa shape index (κ3) is 3.66. The zero-order chi connectivity index (χ0) is 17.0. The topological polar surface area (TPSA) is 67.9 Å². The molecular formula is C16H17IN2O4. The highest BCUT2D eigenvalue weighted by atomic mass is 127. The van der Waals surface area contributed by atoms with Crippen molar-refractivity contribution in [3.8, 4) is 11.5 Å². The second kappa shape index (κ2) is 7.49. The summed E-state index contributed by atoms with van der Waals surface area (Å²) >= 11 is 2.13. The van der Waals surface area contributed by atoms with Crippen LogP contribution in [-0.2, 0) is 4.79 Å². The van der Waals surface area contributed by atoms with Crippen LogP contribution in [0.5, 0.6) is 11.5 Å². The normalized spacial score (nSPS) is 15.8. The number of amides is 3. The van der Waals surface area contributed by atoms with Gasteiger partial charge < -0.3 is 14.8 Å². The first-order valence-electron chi connectivity index (χ1n) is 6.97. The van der Waals surface area contributed by atoms with Crippen LogP contribution in [-0.4, -0.2) is 37.1 Å². The lowest BCUT2D eigenvalue weighted by Crippen LogP contribution is -2.30. The van der Waals surface area contributed by atoms with Crippen LogP contribution in [0.2, 0.25) is 0 Å². The fourth-order valence-electron chi connectivity index (χ4n) is 2.13. The van der Waals surface area contributed by atoms with E-state index >= 15 is 0 Å². The summed E-state index contributed by atoms with van der Waals surface area (Å²) < 4.78 is 11.8. The first-order chi connectivity index (χ1) is 11.0. The molecule has 0 spiro atoms. The van der Waals surface area contributed by atoms with E-state index in [9.17, 15) is 9.59 Å². The molecule has 1 N–H and O–H groups in total. The maximum absolute atomic E-state index is 12.1. The van der Waals surface area contributed by atoms with Crippen LogP contribution < -0.4 is 14.8 Å². The summed E-state index contributed by atoms with van der Waals surface area (Å²) in [6, 6.07) is 3.20. The van der Waals surface area contributed by atoms with Crippen molar-refractivity contribution in [3.63, 3.8) is 0 Å². The minimum absolute atomic E-state index is 0.245. The number of hydrogen-bond donors (Lipinski definition) is 1. The Kier molecular flexibility index (Phi) is 5.64. The van der Waals surface area contributed by atoms with Gasteiger partial charge in [-0.3, -0.25) is 9.69 Å². The molecule has 0 bridgehead atoms. The number of nitrogens with one attached hydrogen (secondary N) is 1. The number of carbonyl (C=O) groups excluding carboxylic acids is 2. The number of likely N-dealkylation sites (N-methyl/N-ethyl adjacent to an activating group) is 1. The molecule has 23 heavy (non-hydrogen) atoms. The first-order valence-corrected chi connectivity index (χ1v) is 8.05. The van der Waals surface area contributed by atoms with E-state index < -0.39 is 6.03 Å². The van der Waals surface area contributed by atoms with Crippen LogP contribution in [0.1, 0.15) is 12.5 Å². The van der Waals surface area contributed by atoms with Gasteiger partial charge in [-0.2, -0.15) is 0 Å². The van der Waals surface area contributed by atoms with Crippen molar-refractivity contribution in [1.29, 1.82) is 0 Å². The van der Waals surface area contributed by atoms with Gasteiger partial charge in [0.25, 0.3) is 5.91 Å². The Bertz CT molecular complexity index is 685. The Balaban J connectivity index is 2.36. The predicted octanol–water partition coefficient (Wildman–Crippen LogP) is 2.78. The second-order valence-corrected chi connectivity index (χ2v) is 5.83. The maximum Gasteiger partial charge on any atom is 0.328 e. The van der Waals surface area contributed by atoms with Crippen molar-refractivity contribution in [3.05, 3.63) is 39.6 Å². The van der Waals surface area contributed by atoms with Crippen LogP contribution in [0.3, 0.4) is 0 Å². The van der Waals surface area contributed by atoms with E-state index in [0.717, 1.165) is 14.0 Å². The molecule has 1 aliphatic rings. The highest BCUT2D eigenvalue weighted by molar-refractivity contribution is 14.1. The van der Waals surface area contributed by atoms with Crippen LogP contribution in [0.15, 0.2) is 30.5 Å². The van der Waals surface area contributed by atoms with Crippen molar-refractivity contribution >= 4 is 40.6 Å². The third-order valence-corrected chi connectivity index (χ3v) is 3.99. The summed E-state index contributed by atoms with van der Waals surface area (Å²) in [5.74, 6) is 0.834. The van der Waals surface area contributed by atoms with Crippen molar-refractivity contribution < 1.29 is 19.1 Å². The molecule has 0 unspecified atom stereocenters. The van der Waals surface area contributed by atoms with Crippen molar-refractivity contribution in [2.75, 3.05) is 20.3 Å². The van der Waals surface area contributed by atoms with E-state index in [1.165, 1.54) is 0 Å². The zero-order valence-electron chi connectivity index (χ0n) is 12.9. The Hall–Kier alpha value is -2.03. The molecule has 1 aliphatic heterocycles. The number of carbonyl (C=O) groups is 2. The number of methoxy groups -OCH3 is 1. The average Bonchev–Trinajstić information content (AvgIpc) is 2.79. The Labute approximate surface area is 148 Å². The second-order valence-electron chi connectivity index (χ2n) is 4.67. The lowest BCUT2D eigenvalue weighted by atomic mass is 10.1. The number of rotatable bonds is 6. The van der Waals surface area contributed by atoms with E-state index in [4.69, 9.17) is 9.47 Å². The molecule has 1 fully saturated rings. The molecule has 0 radical (unpaired) electrons. The molecule has 1 aromatic rings. The Morgan fingerprint density at radius 3 is 2.70 bits per heavy atom. The van der Waals surface area contributed by atoms with E-state index in [0.29, 0.717) is 24.7 Å². The van der Waals surface area contributed by atoms with Gasteiger partial charge in [-0.25, -0.2) is 4.79 Å². The largest absolute Gasteiger partial charge is 0.493 e. The van der Waals surface area contributed by atoms with Gasteiger partial charge >= 0.3 is 6.03 Å². The van der Waals surface area contributed by atoms with Gasteiger partial charge in [0.15, 0.2) is 11.5 Å². The lowest BCUT2D eigenvalue weighted by Gasteiger charge is -2.12. The minimum atomic E-state index is -0.406. The summed E-state index contributed by atoms with van der Waals surface area (Å²) in [6.07, 6.45) is 3.27. The fourth-order valence-corrected chi connectivity index (χ4v) is 2.91. The smallest absolute Gasteiger partial charge is 0.328 e. The van der Waals surface area contributed by atoms with Gasteiger partial charge in [0.1, 0.15) is 12.3 Å². The van der Waals surface area contributed by atoms with Crippen LogP contribution in [0.25, 0.3) is 6.08 Å². The van der Waals surface area contributed by atoms with E-state index in [2.05, 4.69) is 34.5 Å². The molecule has 122 valence electrons. The average molecular weight is 428 g/mol. The summed E-state index contributed by atoms with van der Waals surface area (Å²) in [4.78, 5) is 24.9. The molecule has 0 aromatic heterocycles. The number of halogens is 1. The Morgan fingerprint density at radius 1 is 1.39 bits per heavy atom. The molecule has 1 saturated heterocycles. The molecule has 6 nitrogen and oxygen atoms in total. The number of nitrogens with zero attached hydrogens (tertiary/aromatic N) is 1. The first kappa shape index (κ1) is 17.3. The van der Waals surface area contributed by atoms with Gasteiger partial charge in [-0.05, 0) is 53.3 Å². The summed E-state index contributed by atoms with van der Waals surface area (Å²) in [5, 5.41) is 2.57. The zero-order valence-corrected chi connectivity index (χ0v) is 15.0. The number of benzene rings is 1. The van der Waals surface area contributed by atoms with Crippen LogP contribution in [0.4, 0.5) is 4.79 Å². The molecule has 0 atom stereocenters. The highest BCUT2D eigenvalue weighted by Gasteiger charge is 2.32. The molecule has 3 amide bonds. The summed E-state index contributed by atoms with van der Waals surface area (Å²) in [6.45, 7) is 6.06. The number of urea groups is 1. The standard InChI is InChI=1S/C16H17IN2O4/c1-4-6-23-14-11(17)7-10(9-13(14)22-3)8-12-15(20)19(5-2)16(21)18-12/h4,7-9H,1,5-6H2,2-3H3,(H,18,21)/b12-8-. The molecule has 0 aliphatic carbocycles. The Morgan fingerprint density at radius 2 is 2.13 bits per heavy atom. The maximum atomic E-state index is 12.1. The van der Waals surface area contributed by atoms with Gasteiger partial charge in [-0.1, -0.05) is 12.7 Å². The third-order valence-electron chi connectivity index (χ3n) is 3.19. The van der Waals surface area contributed by atoms with Gasteiger partial charge in [0.05, 0.1) is 10.7 Å². The molecular weight excluding hydrogens is 411 g/mol. The molecule has 1 heterocycles. The molecule has 0 saturated carbocycles. The quantitative estimate of drug-likeness (QED) is 0.328. The molecule has 7 heteroatoms. The summed E-state index contributed by atoms with van der Waals surface area (Å²) in [7, 11) is 1.55. The van der Waals surface area contributed by atoms with E-state index in [1.54, 1.807) is 32.3 Å². The predicted molar refractivity (Wildman–Crippen MR) is 95.3 cm³/mol. The van der Waals surface area contributed by atoms with Crippen molar-refractivity contribution in [2.24, 2.45) is 0 Å². The SMILES string of the molecule is C=CCOc1c(I)cc(/C=C2\NC(=O)N(CC)C2=O)cc1OC. The molecule has 1 aromatic carbocycles. The number of ether oxygens (including phenoxy) is 2. The van der Waals surface area contributed by atoms with E-state index in [1.807, 2.05) is 6.07 Å². The van der Waals surface area contributed by atoms with Crippen molar-refractivity contribution in [1.82, 2.24) is 10.2 Å². The van der Waals surface area contributed by atoms with Crippen LogP contribution in [0, 0.1) is 3.57 Å². The van der Waals surface area contributed by atoms with Gasteiger partial charge in [0.2, 0.25) is 0 Å².